The number of nitrogens with zero attached hydrogens (tertiary/aromatic N) is 1. The minimum atomic E-state index is 0.956. The van der Waals surface area contributed by atoms with E-state index < -0.39 is 0 Å². The molecule has 1 heterocycles. The Morgan fingerprint density at radius 3 is 2.82 bits per heavy atom. The summed E-state index contributed by atoms with van der Waals surface area (Å²) >= 11 is 3.57. The highest BCUT2D eigenvalue weighted by atomic mass is 79.9. The van der Waals surface area contributed by atoms with E-state index >= 15 is 0 Å². The Kier molecular flexibility index (Phi) is 4.00. The summed E-state index contributed by atoms with van der Waals surface area (Å²) < 4.78 is 1.06. The summed E-state index contributed by atoms with van der Waals surface area (Å²) in [7, 11) is 0. The van der Waals surface area contributed by atoms with Gasteiger partial charge in [0.2, 0.25) is 0 Å². The van der Waals surface area contributed by atoms with Crippen molar-refractivity contribution in [3.63, 3.8) is 0 Å². The van der Waals surface area contributed by atoms with Gasteiger partial charge in [0.05, 0.1) is 5.52 Å². The molecule has 0 aliphatic carbocycles. The molecule has 0 spiro atoms. The number of hydrogen-bond acceptors (Lipinski definition) is 2. The van der Waals surface area contributed by atoms with Gasteiger partial charge in [-0.2, -0.15) is 0 Å². The lowest BCUT2D eigenvalue weighted by Gasteiger charge is -2.11. The standard InChI is InChI=1S/C14H17BrN2/c1-3-8-16-13-9-10(4-2)17-14-11(13)6-5-7-12(14)15/h5-7,9H,3-4,8H2,1-2H3,(H,16,17). The van der Waals surface area contributed by atoms with E-state index in [2.05, 4.69) is 58.3 Å². The number of para-hydroxylation sites is 1. The zero-order valence-electron chi connectivity index (χ0n) is 10.3. The molecule has 0 aliphatic rings. The highest BCUT2D eigenvalue weighted by Crippen LogP contribution is 2.28. The van der Waals surface area contributed by atoms with Crippen LogP contribution in [0.3, 0.4) is 0 Å². The molecule has 17 heavy (non-hydrogen) atoms. The molecule has 0 bridgehead atoms. The SMILES string of the molecule is CCCNc1cc(CC)nc2c(Br)cccc12. The first-order valence-electron chi connectivity index (χ1n) is 6.08. The maximum atomic E-state index is 4.68. The van der Waals surface area contributed by atoms with E-state index in [9.17, 15) is 0 Å². The maximum absolute atomic E-state index is 4.68. The fraction of sp³-hybridized carbons (Fsp3) is 0.357. The molecule has 2 rings (SSSR count). The van der Waals surface area contributed by atoms with Crippen molar-refractivity contribution >= 4 is 32.5 Å². The van der Waals surface area contributed by atoms with Gasteiger partial charge in [-0.1, -0.05) is 26.0 Å². The quantitative estimate of drug-likeness (QED) is 0.904. The lowest BCUT2D eigenvalue weighted by Crippen LogP contribution is -2.02. The molecule has 0 fully saturated rings. The Morgan fingerprint density at radius 1 is 1.29 bits per heavy atom. The van der Waals surface area contributed by atoms with E-state index in [1.165, 1.54) is 11.1 Å². The first-order chi connectivity index (χ1) is 8.26. The van der Waals surface area contributed by atoms with E-state index in [0.29, 0.717) is 0 Å². The van der Waals surface area contributed by atoms with Crippen LogP contribution >= 0.6 is 15.9 Å². The van der Waals surface area contributed by atoms with E-state index in [1.54, 1.807) is 0 Å². The van der Waals surface area contributed by atoms with Gasteiger partial charge in [-0.25, -0.2) is 0 Å². The minimum absolute atomic E-state index is 0.956. The van der Waals surface area contributed by atoms with Crippen molar-refractivity contribution in [2.24, 2.45) is 0 Å². The summed E-state index contributed by atoms with van der Waals surface area (Å²) in [5.41, 5.74) is 3.36. The average molecular weight is 293 g/mol. The molecule has 1 aromatic heterocycles. The predicted molar refractivity (Wildman–Crippen MR) is 77.6 cm³/mol. The third kappa shape index (κ3) is 2.60. The maximum Gasteiger partial charge on any atom is 0.0867 e. The van der Waals surface area contributed by atoms with Crippen LogP contribution in [0.1, 0.15) is 26.0 Å². The molecule has 2 aromatic rings. The van der Waals surface area contributed by atoms with Crippen LogP contribution in [-0.4, -0.2) is 11.5 Å². The van der Waals surface area contributed by atoms with Gasteiger partial charge < -0.3 is 5.32 Å². The highest BCUT2D eigenvalue weighted by Gasteiger charge is 2.06. The van der Waals surface area contributed by atoms with Crippen molar-refractivity contribution in [3.8, 4) is 0 Å². The number of aryl methyl sites for hydroxylation is 1. The molecule has 3 heteroatoms. The molecule has 0 amide bonds. The fourth-order valence-corrected chi connectivity index (χ4v) is 2.31. The van der Waals surface area contributed by atoms with Crippen molar-refractivity contribution < 1.29 is 0 Å². The van der Waals surface area contributed by atoms with Crippen molar-refractivity contribution in [2.45, 2.75) is 26.7 Å². The smallest absolute Gasteiger partial charge is 0.0867 e. The normalized spacial score (nSPS) is 10.8. The number of hydrogen-bond donors (Lipinski definition) is 1. The highest BCUT2D eigenvalue weighted by molar-refractivity contribution is 9.10. The van der Waals surface area contributed by atoms with Crippen LogP contribution in [0.25, 0.3) is 10.9 Å². The number of nitrogens with one attached hydrogen (secondary N) is 1. The third-order valence-electron chi connectivity index (χ3n) is 2.77. The summed E-state index contributed by atoms with van der Waals surface area (Å²) in [5.74, 6) is 0. The van der Waals surface area contributed by atoms with Crippen LogP contribution in [0.5, 0.6) is 0 Å². The van der Waals surface area contributed by atoms with Crippen molar-refractivity contribution in [1.82, 2.24) is 4.98 Å². The van der Waals surface area contributed by atoms with Gasteiger partial charge >= 0.3 is 0 Å². The third-order valence-corrected chi connectivity index (χ3v) is 3.41. The van der Waals surface area contributed by atoms with Crippen LogP contribution in [0.4, 0.5) is 5.69 Å². The van der Waals surface area contributed by atoms with Gasteiger partial charge in [-0.05, 0) is 40.9 Å². The van der Waals surface area contributed by atoms with Crippen LogP contribution in [-0.2, 0) is 6.42 Å². The Bertz CT molecular complexity index is 523. The Hall–Kier alpha value is -1.09. The predicted octanol–water partition coefficient (Wildman–Crippen LogP) is 4.38. The lowest BCUT2D eigenvalue weighted by molar-refractivity contribution is 0.977. The number of aromatic nitrogens is 1. The van der Waals surface area contributed by atoms with Crippen LogP contribution in [0.15, 0.2) is 28.7 Å². The molecule has 0 saturated carbocycles. The molecule has 0 saturated heterocycles. The number of rotatable bonds is 4. The van der Waals surface area contributed by atoms with Gasteiger partial charge in [-0.3, -0.25) is 4.98 Å². The lowest BCUT2D eigenvalue weighted by atomic mass is 10.1. The van der Waals surface area contributed by atoms with Crippen molar-refractivity contribution in [2.75, 3.05) is 11.9 Å². The molecule has 2 nitrogen and oxygen atoms in total. The van der Waals surface area contributed by atoms with E-state index in [-0.39, 0.29) is 0 Å². The van der Waals surface area contributed by atoms with Gasteiger partial charge in [0.15, 0.2) is 0 Å². The monoisotopic (exact) mass is 292 g/mol. The van der Waals surface area contributed by atoms with Crippen LogP contribution in [0.2, 0.25) is 0 Å². The number of benzene rings is 1. The Morgan fingerprint density at radius 2 is 2.12 bits per heavy atom. The average Bonchev–Trinajstić information content (AvgIpc) is 2.36. The molecule has 0 unspecified atom stereocenters. The van der Waals surface area contributed by atoms with Gasteiger partial charge in [0.25, 0.3) is 0 Å². The molecule has 0 atom stereocenters. The molecular weight excluding hydrogens is 276 g/mol. The number of pyridine rings is 1. The van der Waals surface area contributed by atoms with Crippen LogP contribution < -0.4 is 5.32 Å². The van der Waals surface area contributed by atoms with Crippen molar-refractivity contribution in [1.29, 1.82) is 0 Å². The molecular formula is C14H17BrN2. The second-order valence-electron chi connectivity index (χ2n) is 4.08. The number of fused-ring (bicyclic) bond motifs is 1. The van der Waals surface area contributed by atoms with Crippen LogP contribution in [0, 0.1) is 0 Å². The minimum Gasteiger partial charge on any atom is -0.384 e. The Balaban J connectivity index is 2.58. The zero-order valence-corrected chi connectivity index (χ0v) is 11.8. The molecule has 90 valence electrons. The largest absolute Gasteiger partial charge is 0.384 e. The van der Waals surface area contributed by atoms with E-state index in [4.69, 9.17) is 0 Å². The van der Waals surface area contributed by atoms with Crippen molar-refractivity contribution in [3.05, 3.63) is 34.4 Å². The first kappa shape index (κ1) is 12.4. The molecule has 0 radical (unpaired) electrons. The Labute approximate surface area is 111 Å². The van der Waals surface area contributed by atoms with Gasteiger partial charge in [-0.15, -0.1) is 0 Å². The summed E-state index contributed by atoms with van der Waals surface area (Å²) in [6.07, 6.45) is 2.08. The summed E-state index contributed by atoms with van der Waals surface area (Å²) in [5, 5.41) is 4.66. The van der Waals surface area contributed by atoms with E-state index in [1.807, 2.05) is 6.07 Å². The summed E-state index contributed by atoms with van der Waals surface area (Å²) in [6, 6.07) is 8.37. The molecule has 1 N–H and O–H groups in total. The molecule has 0 aliphatic heterocycles. The number of anilines is 1. The second kappa shape index (κ2) is 5.50. The van der Waals surface area contributed by atoms with E-state index in [0.717, 1.165) is 35.1 Å². The second-order valence-corrected chi connectivity index (χ2v) is 4.93. The molecule has 1 aromatic carbocycles. The van der Waals surface area contributed by atoms with Gasteiger partial charge in [0.1, 0.15) is 0 Å². The number of halogens is 1. The zero-order chi connectivity index (χ0) is 12.3. The summed E-state index contributed by atoms with van der Waals surface area (Å²) in [6.45, 7) is 5.30. The fourth-order valence-electron chi connectivity index (χ4n) is 1.85. The first-order valence-corrected chi connectivity index (χ1v) is 6.87. The van der Waals surface area contributed by atoms with Gasteiger partial charge in [0, 0.05) is 27.8 Å². The topological polar surface area (TPSA) is 24.9 Å². The summed E-state index contributed by atoms with van der Waals surface area (Å²) in [4.78, 5) is 4.68.